The lowest BCUT2D eigenvalue weighted by molar-refractivity contribution is 0.0801. The van der Waals surface area contributed by atoms with Gasteiger partial charge < -0.3 is 9.67 Å². The molecule has 1 aliphatic carbocycles. The number of halogens is 1. The molecule has 0 bridgehead atoms. The van der Waals surface area contributed by atoms with Crippen molar-refractivity contribution in [2.24, 2.45) is 0 Å². The monoisotopic (exact) mass is 276 g/mol. The molecule has 1 fully saturated rings. The minimum absolute atomic E-state index is 0.225. The fraction of sp³-hybridized carbons (Fsp3) is 0.562. The van der Waals surface area contributed by atoms with Crippen LogP contribution in [0.2, 0.25) is 0 Å². The van der Waals surface area contributed by atoms with E-state index >= 15 is 0 Å². The molecular formula is C16H21FN2O. The molecule has 0 atom stereocenters. The lowest BCUT2D eigenvalue weighted by Crippen LogP contribution is -2.23. The van der Waals surface area contributed by atoms with E-state index in [1.54, 1.807) is 19.9 Å². The van der Waals surface area contributed by atoms with Gasteiger partial charge in [0.2, 0.25) is 0 Å². The van der Waals surface area contributed by atoms with Crippen LogP contribution in [0, 0.1) is 12.7 Å². The Hall–Kier alpha value is -1.42. The minimum Gasteiger partial charge on any atom is -0.390 e. The quantitative estimate of drug-likeness (QED) is 0.931. The summed E-state index contributed by atoms with van der Waals surface area (Å²) in [6.45, 7) is 5.34. The van der Waals surface area contributed by atoms with Crippen molar-refractivity contribution in [1.82, 2.24) is 9.55 Å². The summed E-state index contributed by atoms with van der Waals surface area (Å²) >= 11 is 0. The van der Waals surface area contributed by atoms with E-state index in [0.717, 1.165) is 18.7 Å². The highest BCUT2D eigenvalue weighted by atomic mass is 19.1. The van der Waals surface area contributed by atoms with Crippen LogP contribution in [0.25, 0.3) is 11.0 Å². The van der Waals surface area contributed by atoms with Gasteiger partial charge in [-0.15, -0.1) is 0 Å². The number of hydrogen-bond donors (Lipinski definition) is 1. The molecule has 20 heavy (non-hydrogen) atoms. The standard InChI is InChI=1S/C16H21FN2O/c1-10-18-13-8-7-11(9-16(2,3)20)14(17)15(13)19(10)12-5-4-6-12/h7-8,12,20H,4-6,9H2,1-3H3. The van der Waals surface area contributed by atoms with Gasteiger partial charge in [0.1, 0.15) is 11.3 Å². The summed E-state index contributed by atoms with van der Waals surface area (Å²) in [7, 11) is 0. The maximum absolute atomic E-state index is 14.8. The van der Waals surface area contributed by atoms with E-state index in [2.05, 4.69) is 4.98 Å². The molecule has 1 aromatic heterocycles. The van der Waals surface area contributed by atoms with E-state index in [0.29, 0.717) is 29.1 Å². The molecule has 1 heterocycles. The van der Waals surface area contributed by atoms with Gasteiger partial charge in [0.25, 0.3) is 0 Å². The zero-order chi connectivity index (χ0) is 14.5. The largest absolute Gasteiger partial charge is 0.390 e. The molecule has 4 heteroatoms. The van der Waals surface area contributed by atoms with Gasteiger partial charge in [-0.3, -0.25) is 0 Å². The highest BCUT2D eigenvalue weighted by molar-refractivity contribution is 5.78. The van der Waals surface area contributed by atoms with Gasteiger partial charge in [0, 0.05) is 12.5 Å². The van der Waals surface area contributed by atoms with Crippen molar-refractivity contribution >= 4 is 11.0 Å². The molecule has 0 radical (unpaired) electrons. The van der Waals surface area contributed by atoms with Crippen LogP contribution in [0.15, 0.2) is 12.1 Å². The van der Waals surface area contributed by atoms with Gasteiger partial charge in [0.05, 0.1) is 11.1 Å². The highest BCUT2D eigenvalue weighted by Crippen LogP contribution is 2.36. The van der Waals surface area contributed by atoms with Crippen LogP contribution in [-0.2, 0) is 6.42 Å². The van der Waals surface area contributed by atoms with Crippen molar-refractivity contribution in [2.45, 2.75) is 58.1 Å². The Morgan fingerprint density at radius 2 is 2.10 bits per heavy atom. The smallest absolute Gasteiger partial charge is 0.152 e. The summed E-state index contributed by atoms with van der Waals surface area (Å²) in [5.74, 6) is 0.654. The minimum atomic E-state index is -0.912. The molecule has 0 spiro atoms. The van der Waals surface area contributed by atoms with Gasteiger partial charge in [-0.1, -0.05) is 6.07 Å². The molecule has 1 aromatic carbocycles. The Morgan fingerprint density at radius 1 is 1.40 bits per heavy atom. The van der Waals surface area contributed by atoms with Crippen molar-refractivity contribution in [1.29, 1.82) is 0 Å². The van der Waals surface area contributed by atoms with Crippen LogP contribution >= 0.6 is 0 Å². The lowest BCUT2D eigenvalue weighted by Gasteiger charge is -2.29. The fourth-order valence-electron chi connectivity index (χ4n) is 3.00. The van der Waals surface area contributed by atoms with Crippen LogP contribution in [0.3, 0.4) is 0 Å². The second kappa shape index (κ2) is 4.55. The number of fused-ring (bicyclic) bond motifs is 1. The summed E-state index contributed by atoms with van der Waals surface area (Å²) in [5.41, 5.74) is 0.969. The number of aliphatic hydroxyl groups is 1. The summed E-state index contributed by atoms with van der Waals surface area (Å²) in [6.07, 6.45) is 3.71. The SMILES string of the molecule is Cc1nc2ccc(CC(C)(C)O)c(F)c2n1C1CCC1. The first-order valence-corrected chi connectivity index (χ1v) is 7.25. The first-order valence-electron chi connectivity index (χ1n) is 7.25. The number of aromatic nitrogens is 2. The molecule has 0 unspecified atom stereocenters. The summed E-state index contributed by atoms with van der Waals surface area (Å²) < 4.78 is 16.9. The topological polar surface area (TPSA) is 38.1 Å². The predicted octanol–water partition coefficient (Wildman–Crippen LogP) is 3.52. The van der Waals surface area contributed by atoms with E-state index in [-0.39, 0.29) is 5.82 Å². The third-order valence-corrected chi connectivity index (χ3v) is 4.11. The summed E-state index contributed by atoms with van der Waals surface area (Å²) in [5, 5.41) is 9.92. The third-order valence-electron chi connectivity index (χ3n) is 4.11. The molecule has 0 saturated heterocycles. The Kier molecular flexibility index (Phi) is 3.09. The molecule has 3 nitrogen and oxygen atoms in total. The number of imidazole rings is 1. The maximum Gasteiger partial charge on any atom is 0.152 e. The molecule has 3 rings (SSSR count). The molecule has 1 N–H and O–H groups in total. The molecule has 1 aliphatic rings. The van der Waals surface area contributed by atoms with Crippen LogP contribution in [-0.4, -0.2) is 20.3 Å². The predicted molar refractivity (Wildman–Crippen MR) is 77.3 cm³/mol. The highest BCUT2D eigenvalue weighted by Gasteiger charge is 2.26. The van der Waals surface area contributed by atoms with Crippen molar-refractivity contribution in [3.05, 3.63) is 29.3 Å². The average molecular weight is 276 g/mol. The third kappa shape index (κ3) is 2.22. The van der Waals surface area contributed by atoms with Gasteiger partial charge in [0.15, 0.2) is 5.82 Å². The number of rotatable bonds is 3. The fourth-order valence-corrected chi connectivity index (χ4v) is 3.00. The van der Waals surface area contributed by atoms with E-state index in [1.165, 1.54) is 6.42 Å². The summed E-state index contributed by atoms with van der Waals surface area (Å²) in [4.78, 5) is 4.47. The second-order valence-corrected chi connectivity index (χ2v) is 6.51. The molecule has 0 aliphatic heterocycles. The lowest BCUT2D eigenvalue weighted by atomic mass is 9.92. The van der Waals surface area contributed by atoms with E-state index in [4.69, 9.17) is 0 Å². The van der Waals surface area contributed by atoms with E-state index in [1.807, 2.05) is 17.6 Å². The van der Waals surface area contributed by atoms with Crippen LogP contribution < -0.4 is 0 Å². The normalized spacial score (nSPS) is 16.6. The Morgan fingerprint density at radius 3 is 2.65 bits per heavy atom. The molecule has 2 aromatic rings. The van der Waals surface area contributed by atoms with Gasteiger partial charge in [-0.05, 0) is 51.7 Å². The van der Waals surface area contributed by atoms with Gasteiger partial charge >= 0.3 is 0 Å². The number of hydrogen-bond acceptors (Lipinski definition) is 2. The van der Waals surface area contributed by atoms with Crippen LogP contribution in [0.1, 0.15) is 50.5 Å². The van der Waals surface area contributed by atoms with Gasteiger partial charge in [-0.25, -0.2) is 9.37 Å². The maximum atomic E-state index is 14.8. The first-order chi connectivity index (χ1) is 9.37. The molecule has 0 amide bonds. The Bertz CT molecular complexity index is 651. The second-order valence-electron chi connectivity index (χ2n) is 6.51. The Labute approximate surface area is 118 Å². The van der Waals surface area contributed by atoms with Gasteiger partial charge in [-0.2, -0.15) is 0 Å². The van der Waals surface area contributed by atoms with Crippen molar-refractivity contribution < 1.29 is 9.50 Å². The van der Waals surface area contributed by atoms with Crippen molar-refractivity contribution in [3.8, 4) is 0 Å². The number of nitrogens with zero attached hydrogens (tertiary/aromatic N) is 2. The molecular weight excluding hydrogens is 255 g/mol. The molecule has 1 saturated carbocycles. The van der Waals surface area contributed by atoms with Crippen molar-refractivity contribution in [3.63, 3.8) is 0 Å². The zero-order valence-electron chi connectivity index (χ0n) is 12.3. The number of benzene rings is 1. The molecule has 108 valence electrons. The Balaban J connectivity index is 2.15. The van der Waals surface area contributed by atoms with Crippen LogP contribution in [0.5, 0.6) is 0 Å². The van der Waals surface area contributed by atoms with Crippen molar-refractivity contribution in [2.75, 3.05) is 0 Å². The first kappa shape index (κ1) is 13.6. The average Bonchev–Trinajstić information content (AvgIpc) is 2.57. The summed E-state index contributed by atoms with van der Waals surface area (Å²) in [6, 6.07) is 3.99. The number of aryl methyl sites for hydroxylation is 1. The van der Waals surface area contributed by atoms with Crippen LogP contribution in [0.4, 0.5) is 4.39 Å². The van der Waals surface area contributed by atoms with E-state index < -0.39 is 5.60 Å². The zero-order valence-corrected chi connectivity index (χ0v) is 12.3. The van der Waals surface area contributed by atoms with E-state index in [9.17, 15) is 9.50 Å².